The van der Waals surface area contributed by atoms with Crippen LogP contribution in [-0.4, -0.2) is 32.2 Å². The lowest BCUT2D eigenvalue weighted by molar-refractivity contribution is 0.463. The molecule has 156 valence electrons. The van der Waals surface area contributed by atoms with Crippen molar-refractivity contribution in [2.75, 3.05) is 12.8 Å². The first-order valence-corrected chi connectivity index (χ1v) is 10.6. The number of aryl methyl sites for hydroxylation is 2. The molecule has 0 aliphatic heterocycles. The van der Waals surface area contributed by atoms with E-state index < -0.39 is 15.7 Å². The van der Waals surface area contributed by atoms with E-state index in [4.69, 9.17) is 4.42 Å². The van der Waals surface area contributed by atoms with E-state index in [9.17, 15) is 12.8 Å². The molecule has 0 aliphatic rings. The van der Waals surface area contributed by atoms with Gasteiger partial charge in [-0.05, 0) is 44.0 Å². The van der Waals surface area contributed by atoms with Crippen molar-refractivity contribution < 1.29 is 17.2 Å². The maximum Gasteiger partial charge on any atom is 0.214 e. The highest BCUT2D eigenvalue weighted by molar-refractivity contribution is 14.0. The molecule has 0 aliphatic carbocycles. The van der Waals surface area contributed by atoms with Gasteiger partial charge in [-0.3, -0.25) is 0 Å². The van der Waals surface area contributed by atoms with E-state index in [1.165, 1.54) is 18.2 Å². The molecular weight excluding hydrogens is 498 g/mol. The molecule has 0 spiro atoms. The smallest absolute Gasteiger partial charge is 0.214 e. The molecule has 0 unspecified atom stereocenters. The van der Waals surface area contributed by atoms with Gasteiger partial charge in [-0.25, -0.2) is 22.8 Å². The van der Waals surface area contributed by atoms with Crippen molar-refractivity contribution in [3.05, 3.63) is 52.5 Å². The number of guanidine groups is 1. The van der Waals surface area contributed by atoms with Crippen LogP contribution < -0.4 is 10.6 Å². The van der Waals surface area contributed by atoms with E-state index in [1.807, 2.05) is 20.8 Å². The van der Waals surface area contributed by atoms with Crippen LogP contribution in [0.4, 0.5) is 4.39 Å². The van der Waals surface area contributed by atoms with Crippen LogP contribution in [0, 0.1) is 19.7 Å². The summed E-state index contributed by atoms with van der Waals surface area (Å²) >= 11 is 0. The predicted octanol–water partition coefficient (Wildman–Crippen LogP) is 2.85. The molecule has 1 aromatic heterocycles. The lowest BCUT2D eigenvalue weighted by Crippen LogP contribution is -2.36. The Hall–Kier alpha value is -1.69. The molecule has 2 rings (SSSR count). The maximum absolute atomic E-state index is 13.6. The molecule has 0 fully saturated rings. The second-order valence-corrected chi connectivity index (χ2v) is 8.42. The van der Waals surface area contributed by atoms with Gasteiger partial charge in [-0.2, -0.15) is 0 Å². The van der Waals surface area contributed by atoms with Gasteiger partial charge in [0.25, 0.3) is 0 Å². The summed E-state index contributed by atoms with van der Waals surface area (Å²) in [5, 5.41) is 6.19. The number of halogens is 2. The fraction of sp³-hybridized carbons (Fsp3) is 0.444. The van der Waals surface area contributed by atoms with Crippen LogP contribution >= 0.6 is 24.0 Å². The molecule has 1 aromatic carbocycles. The van der Waals surface area contributed by atoms with Gasteiger partial charge in [-0.15, -0.1) is 24.0 Å². The van der Waals surface area contributed by atoms with Gasteiger partial charge in [0.1, 0.15) is 11.6 Å². The van der Waals surface area contributed by atoms with Gasteiger partial charge in [0.05, 0.1) is 24.5 Å². The minimum atomic E-state index is -3.23. The number of nitrogens with zero attached hydrogens (tertiary/aromatic N) is 2. The van der Waals surface area contributed by atoms with Crippen LogP contribution in [0.1, 0.15) is 35.4 Å². The lowest BCUT2D eigenvalue weighted by Gasteiger charge is -2.11. The normalized spacial score (nSPS) is 11.8. The van der Waals surface area contributed by atoms with Crippen molar-refractivity contribution in [2.45, 2.75) is 39.6 Å². The third-order valence-electron chi connectivity index (χ3n) is 3.82. The second-order valence-electron chi connectivity index (χ2n) is 6.28. The molecule has 0 amide bonds. The molecule has 0 bridgehead atoms. The standard InChI is InChI=1S/C18H25FN4O3S.HI/c1-5-20-18(22-10-17-23-12(2)13(3)26-17)21-9-15-8-16(19)7-6-14(15)11-27(4,24)25;/h6-8H,5,9-11H2,1-4H3,(H2,20,21,22);1H. The number of rotatable bonds is 7. The quantitative estimate of drug-likeness (QED) is 0.329. The lowest BCUT2D eigenvalue weighted by atomic mass is 10.1. The molecule has 2 aromatic rings. The maximum atomic E-state index is 13.6. The Morgan fingerprint density at radius 1 is 1.25 bits per heavy atom. The Balaban J connectivity index is 0.00000392. The number of nitrogens with one attached hydrogen (secondary N) is 2. The van der Waals surface area contributed by atoms with Crippen molar-refractivity contribution in [1.29, 1.82) is 0 Å². The van der Waals surface area contributed by atoms with Crippen LogP contribution in [0.5, 0.6) is 0 Å². The number of aliphatic imine (C=N–C) groups is 1. The second kappa shape index (κ2) is 10.7. The highest BCUT2D eigenvalue weighted by Gasteiger charge is 2.11. The average Bonchev–Trinajstić information content (AvgIpc) is 2.89. The van der Waals surface area contributed by atoms with Crippen LogP contribution in [0.15, 0.2) is 27.6 Å². The number of benzene rings is 1. The van der Waals surface area contributed by atoms with E-state index in [0.29, 0.717) is 36.1 Å². The summed E-state index contributed by atoms with van der Waals surface area (Å²) in [6.07, 6.45) is 1.15. The van der Waals surface area contributed by atoms with Gasteiger partial charge >= 0.3 is 0 Å². The van der Waals surface area contributed by atoms with Crippen molar-refractivity contribution in [1.82, 2.24) is 15.6 Å². The van der Waals surface area contributed by atoms with Crippen molar-refractivity contribution in [3.8, 4) is 0 Å². The van der Waals surface area contributed by atoms with Crippen LogP contribution in [-0.2, 0) is 28.7 Å². The van der Waals surface area contributed by atoms with Gasteiger partial charge in [-0.1, -0.05) is 6.07 Å². The number of hydrogen-bond acceptors (Lipinski definition) is 5. The fourth-order valence-electron chi connectivity index (χ4n) is 2.45. The van der Waals surface area contributed by atoms with E-state index in [1.54, 1.807) is 0 Å². The Morgan fingerprint density at radius 2 is 1.96 bits per heavy atom. The first-order chi connectivity index (χ1) is 12.7. The van der Waals surface area contributed by atoms with E-state index in [2.05, 4.69) is 20.6 Å². The average molecular weight is 524 g/mol. The van der Waals surface area contributed by atoms with Gasteiger partial charge in [0.2, 0.25) is 5.89 Å². The fourth-order valence-corrected chi connectivity index (χ4v) is 3.29. The number of sulfone groups is 1. The molecule has 1 heterocycles. The number of oxazole rings is 1. The molecule has 0 saturated carbocycles. The molecule has 2 N–H and O–H groups in total. The SMILES string of the molecule is CCNC(=NCc1cc(F)ccc1CS(C)(=O)=O)NCc1nc(C)c(C)o1.I. The van der Waals surface area contributed by atoms with E-state index in [-0.39, 0.29) is 36.3 Å². The van der Waals surface area contributed by atoms with Crippen LogP contribution in [0.25, 0.3) is 0 Å². The van der Waals surface area contributed by atoms with Crippen molar-refractivity contribution in [2.24, 2.45) is 4.99 Å². The van der Waals surface area contributed by atoms with Crippen LogP contribution in [0.2, 0.25) is 0 Å². The predicted molar refractivity (Wildman–Crippen MR) is 118 cm³/mol. The Labute approximate surface area is 182 Å². The first kappa shape index (κ1) is 24.3. The van der Waals surface area contributed by atoms with E-state index in [0.717, 1.165) is 17.7 Å². The largest absolute Gasteiger partial charge is 0.444 e. The van der Waals surface area contributed by atoms with Crippen molar-refractivity contribution >= 4 is 39.8 Å². The molecule has 0 saturated heterocycles. The highest BCUT2D eigenvalue weighted by Crippen LogP contribution is 2.15. The number of aromatic nitrogens is 1. The van der Waals surface area contributed by atoms with Gasteiger partial charge < -0.3 is 15.1 Å². The summed E-state index contributed by atoms with van der Waals surface area (Å²) < 4.78 is 42.3. The summed E-state index contributed by atoms with van der Waals surface area (Å²) in [7, 11) is -3.23. The third-order valence-corrected chi connectivity index (χ3v) is 4.65. The Bertz CT molecular complexity index is 909. The summed E-state index contributed by atoms with van der Waals surface area (Å²) in [6.45, 7) is 6.76. The molecule has 0 atom stereocenters. The summed E-state index contributed by atoms with van der Waals surface area (Å²) in [5.74, 6) is 1.22. The van der Waals surface area contributed by atoms with Crippen molar-refractivity contribution in [3.63, 3.8) is 0 Å². The Morgan fingerprint density at radius 3 is 2.54 bits per heavy atom. The summed E-state index contributed by atoms with van der Waals surface area (Å²) in [4.78, 5) is 8.72. The van der Waals surface area contributed by atoms with Crippen LogP contribution in [0.3, 0.4) is 0 Å². The van der Waals surface area contributed by atoms with Gasteiger partial charge in [0, 0.05) is 12.8 Å². The summed E-state index contributed by atoms with van der Waals surface area (Å²) in [6, 6.07) is 4.05. The molecule has 10 heteroatoms. The minimum absolute atomic E-state index is 0. The third kappa shape index (κ3) is 7.74. The zero-order valence-corrected chi connectivity index (χ0v) is 19.5. The number of hydrogen-bond donors (Lipinski definition) is 2. The Kier molecular flexibility index (Phi) is 9.34. The highest BCUT2D eigenvalue weighted by atomic mass is 127. The monoisotopic (exact) mass is 524 g/mol. The van der Waals surface area contributed by atoms with E-state index >= 15 is 0 Å². The zero-order valence-electron chi connectivity index (χ0n) is 16.4. The molecule has 28 heavy (non-hydrogen) atoms. The first-order valence-electron chi connectivity index (χ1n) is 8.58. The van der Waals surface area contributed by atoms with Gasteiger partial charge in [0.15, 0.2) is 15.8 Å². The zero-order chi connectivity index (χ0) is 20.0. The minimum Gasteiger partial charge on any atom is -0.444 e. The molecule has 0 radical (unpaired) electrons. The molecular formula is C18H26FIN4O3S. The topological polar surface area (TPSA) is 96.6 Å². The molecule has 7 nitrogen and oxygen atoms in total. The summed E-state index contributed by atoms with van der Waals surface area (Å²) in [5.41, 5.74) is 1.90.